The van der Waals surface area contributed by atoms with Crippen LogP contribution in [0.25, 0.3) is 0 Å². The maximum absolute atomic E-state index is 11.8. The summed E-state index contributed by atoms with van der Waals surface area (Å²) in [6.45, 7) is 14.7. The van der Waals surface area contributed by atoms with E-state index in [2.05, 4.69) is 54.6 Å². The van der Waals surface area contributed by atoms with Crippen molar-refractivity contribution in [2.45, 2.75) is 71.4 Å². The quantitative estimate of drug-likeness (QED) is 0.0296. The molecular formula is C36H54N4O17. The van der Waals surface area contributed by atoms with E-state index >= 15 is 0 Å². The maximum Gasteiger partial charge on any atom is 0.407 e. The van der Waals surface area contributed by atoms with E-state index < -0.39 is 54.1 Å². The standard InChI is InChI=1S/C21H32N2O10.C9H12N2O4.C6H10O3/c1-14(2)17(24)30-10-12-32-20(27)22-9-7-6-8-16(19(26)29-5)23-21(28)33-13-11-31-18(25)15(3)4;1-15-9(14)8(11-7-13)4-2-3-5-10-6-12;1-5(2)6(8)9-4-3-7/h16H,1,3,6-13H2,2,4-5H3,(H,22,27)(H,23,28);8H,2-5H2,1H3;7H,1,3-4H2,2H3/t16-;8-;/m00./s1. The van der Waals surface area contributed by atoms with Gasteiger partial charge in [0.1, 0.15) is 39.1 Å². The number of esters is 5. The molecule has 0 aliphatic carbocycles. The second kappa shape index (κ2) is 36.8. The Morgan fingerprint density at radius 3 is 1.56 bits per heavy atom. The number of rotatable bonds is 25. The first-order valence-corrected chi connectivity index (χ1v) is 17.2. The third kappa shape index (κ3) is 34.1. The van der Waals surface area contributed by atoms with Gasteiger partial charge in [0, 0.05) is 23.3 Å². The molecule has 0 aromatic carbocycles. The number of aliphatic hydroxyl groups excluding tert-OH is 1. The van der Waals surface area contributed by atoms with Crippen LogP contribution < -0.4 is 10.6 Å². The predicted octanol–water partition coefficient (Wildman–Crippen LogP) is 1.86. The van der Waals surface area contributed by atoms with E-state index in [-0.39, 0.29) is 63.8 Å². The minimum absolute atomic E-state index is 0.0473. The van der Waals surface area contributed by atoms with Gasteiger partial charge in [0.15, 0.2) is 6.04 Å². The summed E-state index contributed by atoms with van der Waals surface area (Å²) in [4.78, 5) is 106. The van der Waals surface area contributed by atoms with Gasteiger partial charge in [-0.1, -0.05) is 19.7 Å². The Morgan fingerprint density at radius 1 is 0.632 bits per heavy atom. The number of carbonyl (C=O) groups excluding carboxylic acids is 9. The van der Waals surface area contributed by atoms with E-state index in [0.29, 0.717) is 44.2 Å². The van der Waals surface area contributed by atoms with Crippen LogP contribution in [0.2, 0.25) is 0 Å². The minimum atomic E-state index is -0.949. The molecule has 0 heterocycles. The molecule has 0 saturated carbocycles. The van der Waals surface area contributed by atoms with Gasteiger partial charge in [0.2, 0.25) is 12.2 Å². The van der Waals surface area contributed by atoms with Gasteiger partial charge >= 0.3 is 42.0 Å². The lowest BCUT2D eigenvalue weighted by molar-refractivity contribution is -0.143. The van der Waals surface area contributed by atoms with Crippen molar-refractivity contribution in [2.75, 3.05) is 67.0 Å². The molecule has 57 heavy (non-hydrogen) atoms. The number of amides is 2. The van der Waals surface area contributed by atoms with Crippen LogP contribution in [-0.4, -0.2) is 138 Å². The number of unbranched alkanes of at least 4 members (excludes halogenated alkanes) is 2. The number of carbonyl (C=O) groups is 7. The van der Waals surface area contributed by atoms with Crippen molar-refractivity contribution < 1.29 is 81.4 Å². The fourth-order valence-corrected chi connectivity index (χ4v) is 3.34. The summed E-state index contributed by atoms with van der Waals surface area (Å²) in [7, 11) is 2.41. The Bertz CT molecular complexity index is 1420. The zero-order chi connectivity index (χ0) is 44.0. The van der Waals surface area contributed by atoms with Crippen molar-refractivity contribution in [2.24, 2.45) is 9.98 Å². The molecule has 0 aromatic heterocycles. The lowest BCUT2D eigenvalue weighted by Gasteiger charge is -2.16. The molecule has 0 bridgehead atoms. The van der Waals surface area contributed by atoms with E-state index in [1.165, 1.54) is 40.2 Å². The van der Waals surface area contributed by atoms with Crippen LogP contribution >= 0.6 is 0 Å². The highest BCUT2D eigenvalue weighted by Crippen LogP contribution is 2.06. The number of ether oxygens (including phenoxy) is 7. The zero-order valence-corrected chi connectivity index (χ0v) is 33.0. The summed E-state index contributed by atoms with van der Waals surface area (Å²) in [5.74, 6) is -2.84. The monoisotopic (exact) mass is 814 g/mol. The second-order valence-electron chi connectivity index (χ2n) is 11.1. The van der Waals surface area contributed by atoms with Crippen molar-refractivity contribution in [1.29, 1.82) is 0 Å². The highest BCUT2D eigenvalue weighted by atomic mass is 16.6. The second-order valence-corrected chi connectivity index (χ2v) is 11.1. The van der Waals surface area contributed by atoms with Crippen LogP contribution in [0.3, 0.4) is 0 Å². The smallest absolute Gasteiger partial charge is 0.407 e. The third-order valence-corrected chi connectivity index (χ3v) is 6.18. The number of isocyanates is 2. The van der Waals surface area contributed by atoms with Crippen LogP contribution in [0.4, 0.5) is 9.59 Å². The highest BCUT2D eigenvalue weighted by Gasteiger charge is 2.22. The van der Waals surface area contributed by atoms with Gasteiger partial charge in [-0.25, -0.2) is 48.1 Å². The van der Waals surface area contributed by atoms with E-state index in [1.807, 2.05) is 0 Å². The summed E-state index contributed by atoms with van der Waals surface area (Å²) in [6, 6.07) is -1.75. The summed E-state index contributed by atoms with van der Waals surface area (Å²) < 4.78 is 32.8. The van der Waals surface area contributed by atoms with Crippen molar-refractivity contribution in [3.63, 3.8) is 0 Å². The largest absolute Gasteiger partial charge is 0.467 e. The van der Waals surface area contributed by atoms with Crippen LogP contribution in [0.1, 0.15) is 59.3 Å². The molecule has 0 rings (SSSR count). The lowest BCUT2D eigenvalue weighted by atomic mass is 10.1. The van der Waals surface area contributed by atoms with E-state index in [9.17, 15) is 43.2 Å². The maximum atomic E-state index is 11.8. The Kier molecular flexibility index (Phi) is 35.6. The predicted molar refractivity (Wildman–Crippen MR) is 199 cm³/mol. The summed E-state index contributed by atoms with van der Waals surface area (Å²) >= 11 is 0. The summed E-state index contributed by atoms with van der Waals surface area (Å²) in [5.41, 5.74) is 0.817. The van der Waals surface area contributed by atoms with Crippen LogP contribution in [0, 0.1) is 0 Å². The first-order valence-electron chi connectivity index (χ1n) is 17.2. The lowest BCUT2D eigenvalue weighted by Crippen LogP contribution is -2.42. The fraction of sp³-hybridized carbons (Fsp3) is 0.583. The molecule has 3 N–H and O–H groups in total. The topological polar surface area (TPSA) is 287 Å². The normalized spacial score (nSPS) is 10.4. The molecule has 0 radical (unpaired) electrons. The molecule has 320 valence electrons. The first kappa shape index (κ1) is 55.2. The number of alkyl carbamates (subject to hydrolysis) is 2. The first-order chi connectivity index (χ1) is 27.0. The molecule has 0 aliphatic heterocycles. The Morgan fingerprint density at radius 2 is 1.11 bits per heavy atom. The molecule has 0 saturated heterocycles. The number of methoxy groups -OCH3 is 2. The third-order valence-electron chi connectivity index (χ3n) is 6.18. The van der Waals surface area contributed by atoms with Gasteiger partial charge in [0.05, 0.1) is 27.4 Å². The summed E-state index contributed by atoms with van der Waals surface area (Å²) in [6.07, 6.45) is 4.02. The van der Waals surface area contributed by atoms with Gasteiger partial charge in [-0.2, -0.15) is 4.99 Å². The van der Waals surface area contributed by atoms with E-state index in [0.717, 1.165) is 0 Å². The number of nitrogens with one attached hydrogen (secondary N) is 2. The molecule has 2 amide bonds. The fourth-order valence-electron chi connectivity index (χ4n) is 3.34. The molecule has 2 atom stereocenters. The molecule has 21 nitrogen and oxygen atoms in total. The SMILES string of the molecule is C=C(C)C(=O)OCCO.C=C(C)C(=O)OCCOC(=O)NCCCC[C@H](NC(=O)OCCOC(=O)C(=C)C)C(=O)OC.COC(=O)[C@H](CCCCN=C=O)N=C=O. The Hall–Kier alpha value is -6.17. The van der Waals surface area contributed by atoms with Gasteiger partial charge in [-0.05, 0) is 59.3 Å². The zero-order valence-electron chi connectivity index (χ0n) is 33.0. The molecule has 0 unspecified atom stereocenters. The van der Waals surface area contributed by atoms with Gasteiger partial charge in [-0.15, -0.1) is 0 Å². The average molecular weight is 815 g/mol. The Balaban J connectivity index is -0.000000990. The molecule has 0 aromatic rings. The number of aliphatic imine (C=N–C) groups is 2. The molecule has 21 heteroatoms. The van der Waals surface area contributed by atoms with E-state index in [4.69, 9.17) is 24.1 Å². The van der Waals surface area contributed by atoms with Gasteiger partial charge in [-0.3, -0.25) is 0 Å². The summed E-state index contributed by atoms with van der Waals surface area (Å²) in [5, 5.41) is 13.1. The number of nitrogens with zero attached hydrogens (tertiary/aromatic N) is 2. The van der Waals surface area contributed by atoms with Gasteiger partial charge in [0.25, 0.3) is 0 Å². The Labute approximate surface area is 330 Å². The highest BCUT2D eigenvalue weighted by molar-refractivity contribution is 5.87. The molecular weight excluding hydrogens is 760 g/mol. The average Bonchev–Trinajstić information content (AvgIpc) is 3.18. The molecule has 0 fully saturated rings. The number of aliphatic hydroxyl groups is 1. The van der Waals surface area contributed by atoms with Crippen molar-refractivity contribution in [3.8, 4) is 0 Å². The van der Waals surface area contributed by atoms with Crippen LogP contribution in [0.5, 0.6) is 0 Å². The molecule has 0 spiro atoms. The van der Waals surface area contributed by atoms with Crippen LogP contribution in [0.15, 0.2) is 46.4 Å². The van der Waals surface area contributed by atoms with Crippen molar-refractivity contribution in [3.05, 3.63) is 36.5 Å². The van der Waals surface area contributed by atoms with E-state index in [1.54, 1.807) is 6.92 Å². The molecule has 0 aliphatic rings. The minimum Gasteiger partial charge on any atom is -0.467 e. The number of hydrogen-bond acceptors (Lipinski definition) is 19. The van der Waals surface area contributed by atoms with Crippen molar-refractivity contribution in [1.82, 2.24) is 10.6 Å². The number of hydrogen-bond donors (Lipinski definition) is 3. The van der Waals surface area contributed by atoms with Crippen LogP contribution in [-0.2, 0) is 66.7 Å². The van der Waals surface area contributed by atoms with Gasteiger partial charge < -0.3 is 48.9 Å². The van der Waals surface area contributed by atoms with Crippen molar-refractivity contribution >= 4 is 54.2 Å².